The number of rotatable bonds is 8. The van der Waals surface area contributed by atoms with E-state index in [1.165, 1.54) is 36.6 Å². The van der Waals surface area contributed by atoms with Crippen molar-refractivity contribution in [2.24, 2.45) is 0 Å². The molecule has 1 aliphatic carbocycles. The largest absolute Gasteiger partial charge is 0.379 e. The van der Waals surface area contributed by atoms with Crippen molar-refractivity contribution >= 4 is 17.7 Å². The van der Waals surface area contributed by atoms with Crippen molar-refractivity contribution in [3.63, 3.8) is 0 Å². The summed E-state index contributed by atoms with van der Waals surface area (Å²) in [6.07, 6.45) is 6.09. The van der Waals surface area contributed by atoms with Crippen molar-refractivity contribution in [3.05, 3.63) is 41.7 Å². The number of hydrogen-bond acceptors (Lipinski definition) is 6. The Morgan fingerprint density at radius 1 is 1.13 bits per heavy atom. The minimum atomic E-state index is 0.0649. The molecule has 2 heterocycles. The lowest BCUT2D eigenvalue weighted by Gasteiger charge is -2.48. The first-order valence-corrected chi connectivity index (χ1v) is 12.3. The van der Waals surface area contributed by atoms with Crippen LogP contribution in [-0.2, 0) is 16.1 Å². The number of morpholine rings is 1. The van der Waals surface area contributed by atoms with E-state index < -0.39 is 0 Å². The molecule has 1 saturated heterocycles. The van der Waals surface area contributed by atoms with Gasteiger partial charge in [0.2, 0.25) is 5.91 Å². The summed E-state index contributed by atoms with van der Waals surface area (Å²) in [6.45, 7) is 6.91. The molecule has 31 heavy (non-hydrogen) atoms. The highest BCUT2D eigenvalue weighted by Gasteiger charge is 2.38. The van der Waals surface area contributed by atoms with Gasteiger partial charge in [-0.05, 0) is 25.3 Å². The molecule has 1 aromatic carbocycles. The van der Waals surface area contributed by atoms with Crippen LogP contribution in [0.5, 0.6) is 0 Å². The average molecular weight is 444 g/mol. The number of ether oxygens (including phenoxy) is 1. The number of carbonyl (C=O) groups is 1. The summed E-state index contributed by atoms with van der Waals surface area (Å²) in [6, 6.07) is 10.3. The Hall–Kier alpha value is -1.90. The molecule has 2 aliphatic rings. The minimum Gasteiger partial charge on any atom is -0.379 e. The molecule has 0 spiro atoms. The lowest BCUT2D eigenvalue weighted by Crippen LogP contribution is -2.59. The predicted molar refractivity (Wildman–Crippen MR) is 122 cm³/mol. The highest BCUT2D eigenvalue weighted by atomic mass is 32.2. The number of hydrogen-bond donors (Lipinski definition) is 1. The molecule has 1 N–H and O–H groups in total. The summed E-state index contributed by atoms with van der Waals surface area (Å²) in [4.78, 5) is 15.3. The van der Waals surface area contributed by atoms with E-state index in [1.54, 1.807) is 0 Å². The topological polar surface area (TPSA) is 72.3 Å². The van der Waals surface area contributed by atoms with Crippen molar-refractivity contribution < 1.29 is 9.53 Å². The number of thioether (sulfide) groups is 1. The van der Waals surface area contributed by atoms with Crippen molar-refractivity contribution in [1.82, 2.24) is 25.0 Å². The van der Waals surface area contributed by atoms with Gasteiger partial charge >= 0.3 is 0 Å². The van der Waals surface area contributed by atoms with Gasteiger partial charge in [-0.25, -0.2) is 0 Å². The number of benzene rings is 1. The zero-order valence-electron chi connectivity index (χ0n) is 18.4. The molecule has 0 radical (unpaired) electrons. The second-order valence-corrected chi connectivity index (χ2v) is 9.49. The van der Waals surface area contributed by atoms with Crippen molar-refractivity contribution in [2.75, 3.05) is 38.6 Å². The molecule has 4 rings (SSSR count). The van der Waals surface area contributed by atoms with Gasteiger partial charge in [-0.3, -0.25) is 9.69 Å². The molecule has 0 bridgehead atoms. The van der Waals surface area contributed by atoms with E-state index in [9.17, 15) is 4.79 Å². The van der Waals surface area contributed by atoms with Crippen molar-refractivity contribution in [2.45, 2.75) is 56.3 Å². The van der Waals surface area contributed by atoms with E-state index in [1.807, 2.05) is 25.1 Å². The van der Waals surface area contributed by atoms with Crippen LogP contribution in [0.2, 0.25) is 0 Å². The molecule has 8 heteroatoms. The van der Waals surface area contributed by atoms with E-state index in [-0.39, 0.29) is 11.4 Å². The lowest BCUT2D eigenvalue weighted by molar-refractivity contribution is -0.119. The van der Waals surface area contributed by atoms with E-state index in [0.717, 1.165) is 56.7 Å². The lowest BCUT2D eigenvalue weighted by atomic mass is 9.79. The molecule has 1 aromatic heterocycles. The summed E-state index contributed by atoms with van der Waals surface area (Å²) in [5.41, 5.74) is 1.29. The van der Waals surface area contributed by atoms with E-state index >= 15 is 0 Å². The quantitative estimate of drug-likeness (QED) is 0.633. The smallest absolute Gasteiger partial charge is 0.230 e. The molecule has 1 saturated carbocycles. The number of aryl methyl sites for hydroxylation is 1. The minimum absolute atomic E-state index is 0.0649. The second kappa shape index (κ2) is 10.6. The maximum absolute atomic E-state index is 12.7. The Bertz CT molecular complexity index is 845. The fourth-order valence-corrected chi connectivity index (χ4v) is 5.53. The van der Waals surface area contributed by atoms with Gasteiger partial charge < -0.3 is 14.6 Å². The zero-order valence-corrected chi connectivity index (χ0v) is 19.2. The third-order valence-corrected chi connectivity index (χ3v) is 7.47. The SMILES string of the molecule is Cc1nnc(SCC(=O)NCC2(N3CCOCC3)CCCCC2)n1Cc1ccccc1. The fraction of sp³-hybridized carbons (Fsp3) is 0.609. The summed E-state index contributed by atoms with van der Waals surface area (Å²) >= 11 is 1.46. The highest BCUT2D eigenvalue weighted by molar-refractivity contribution is 7.99. The van der Waals surface area contributed by atoms with Crippen LogP contribution in [0.4, 0.5) is 0 Å². The molecular formula is C23H33N5O2S. The first-order valence-electron chi connectivity index (χ1n) is 11.3. The molecule has 2 fully saturated rings. The van der Waals surface area contributed by atoms with E-state index in [2.05, 4.69) is 37.1 Å². The summed E-state index contributed by atoms with van der Waals surface area (Å²) < 4.78 is 7.63. The average Bonchev–Trinajstić information content (AvgIpc) is 3.17. The Morgan fingerprint density at radius 3 is 2.61 bits per heavy atom. The van der Waals surface area contributed by atoms with E-state index in [0.29, 0.717) is 12.3 Å². The number of aromatic nitrogens is 3. The Labute approximate surface area is 188 Å². The van der Waals surface area contributed by atoms with Gasteiger partial charge in [-0.2, -0.15) is 0 Å². The van der Waals surface area contributed by atoms with Crippen LogP contribution in [0, 0.1) is 6.92 Å². The maximum atomic E-state index is 12.7. The fourth-order valence-electron chi connectivity index (χ4n) is 4.71. The first kappa shape index (κ1) is 22.3. The number of amides is 1. The molecule has 1 aliphatic heterocycles. The Kier molecular flexibility index (Phi) is 7.63. The van der Waals surface area contributed by atoms with Crippen LogP contribution < -0.4 is 5.32 Å². The molecule has 7 nitrogen and oxygen atoms in total. The van der Waals surface area contributed by atoms with Crippen LogP contribution in [0.15, 0.2) is 35.5 Å². The van der Waals surface area contributed by atoms with Crippen LogP contribution in [0.3, 0.4) is 0 Å². The number of carbonyl (C=O) groups excluding carboxylic acids is 1. The second-order valence-electron chi connectivity index (χ2n) is 8.55. The van der Waals surface area contributed by atoms with Crippen LogP contribution >= 0.6 is 11.8 Å². The standard InChI is InChI=1S/C23H33N5O2S/c1-19-25-26-22(28(19)16-20-8-4-2-5-9-20)31-17-21(29)24-18-23(10-6-3-7-11-23)27-12-14-30-15-13-27/h2,4-5,8-9H,3,6-7,10-18H2,1H3,(H,24,29). The van der Waals surface area contributed by atoms with Crippen LogP contribution in [0.1, 0.15) is 43.5 Å². The van der Waals surface area contributed by atoms with Crippen molar-refractivity contribution in [1.29, 1.82) is 0 Å². The molecule has 0 unspecified atom stereocenters. The Morgan fingerprint density at radius 2 is 1.87 bits per heavy atom. The van der Waals surface area contributed by atoms with Crippen molar-refractivity contribution in [3.8, 4) is 0 Å². The van der Waals surface area contributed by atoms with Gasteiger partial charge in [-0.15, -0.1) is 10.2 Å². The highest BCUT2D eigenvalue weighted by Crippen LogP contribution is 2.34. The molecule has 1 amide bonds. The van der Waals surface area contributed by atoms with Gasteiger partial charge in [-0.1, -0.05) is 61.4 Å². The third kappa shape index (κ3) is 5.67. The predicted octanol–water partition coefficient (Wildman–Crippen LogP) is 2.88. The Balaban J connectivity index is 1.33. The molecule has 168 valence electrons. The van der Waals surface area contributed by atoms with E-state index in [4.69, 9.17) is 4.74 Å². The zero-order chi connectivity index (χ0) is 21.5. The molecular weight excluding hydrogens is 410 g/mol. The van der Waals surface area contributed by atoms with Gasteiger partial charge in [0.15, 0.2) is 5.16 Å². The maximum Gasteiger partial charge on any atom is 0.230 e. The van der Waals surface area contributed by atoms with Gasteiger partial charge in [0.25, 0.3) is 0 Å². The molecule has 2 aromatic rings. The van der Waals surface area contributed by atoms with Gasteiger partial charge in [0, 0.05) is 25.2 Å². The summed E-state index contributed by atoms with van der Waals surface area (Å²) in [7, 11) is 0. The number of nitrogens with zero attached hydrogens (tertiary/aromatic N) is 4. The van der Waals surface area contributed by atoms with Crippen LogP contribution in [0.25, 0.3) is 0 Å². The van der Waals surface area contributed by atoms with Gasteiger partial charge in [0.1, 0.15) is 5.82 Å². The van der Waals surface area contributed by atoms with Gasteiger partial charge in [0.05, 0.1) is 25.5 Å². The van der Waals surface area contributed by atoms with Crippen LogP contribution in [-0.4, -0.2) is 69.7 Å². The summed E-state index contributed by atoms with van der Waals surface area (Å²) in [5.74, 6) is 1.28. The molecule has 0 atom stereocenters. The summed E-state index contributed by atoms with van der Waals surface area (Å²) in [5, 5.41) is 12.5. The monoisotopic (exact) mass is 443 g/mol. The third-order valence-electron chi connectivity index (χ3n) is 6.50. The normalized spacial score (nSPS) is 19.3. The first-order chi connectivity index (χ1) is 15.2. The number of nitrogens with one attached hydrogen (secondary N) is 1.